The quantitative estimate of drug-likeness (QED) is 0.738. The topological polar surface area (TPSA) is 36.9 Å². The minimum atomic E-state index is -0.282. The van der Waals surface area contributed by atoms with Crippen molar-refractivity contribution in [3.05, 3.63) is 17.7 Å². The average Bonchev–Trinajstić information content (AvgIpc) is 2.75. The lowest BCUT2D eigenvalue weighted by molar-refractivity contribution is -0.0954. The zero-order valence-corrected chi connectivity index (χ0v) is 12.1. The molecule has 1 aliphatic rings. The van der Waals surface area contributed by atoms with Gasteiger partial charge in [-0.2, -0.15) is 0 Å². The van der Waals surface area contributed by atoms with Crippen LogP contribution in [0, 0.1) is 0 Å². The first kappa shape index (κ1) is 14.0. The van der Waals surface area contributed by atoms with E-state index in [-0.39, 0.29) is 19.2 Å². The predicted molar refractivity (Wildman–Crippen MR) is 72.9 cm³/mol. The molecule has 1 unspecified atom stereocenters. The van der Waals surface area contributed by atoms with Crippen LogP contribution in [0.1, 0.15) is 39.7 Å². The highest BCUT2D eigenvalue weighted by atomic mass is 16.7. The minimum absolute atomic E-state index is 0.138. The second-order valence-corrected chi connectivity index (χ2v) is 4.93. The molecular formula is C15H22O4. The molecule has 0 bridgehead atoms. The van der Waals surface area contributed by atoms with Gasteiger partial charge >= 0.3 is 0 Å². The summed E-state index contributed by atoms with van der Waals surface area (Å²) in [7, 11) is 0. The fraction of sp³-hybridized carbons (Fsp3) is 0.600. The first-order chi connectivity index (χ1) is 9.10. The summed E-state index contributed by atoms with van der Waals surface area (Å²) in [6.07, 6.45) is 1.85. The Bertz CT molecular complexity index is 428. The van der Waals surface area contributed by atoms with Crippen molar-refractivity contribution in [1.82, 2.24) is 0 Å². The molecule has 0 saturated carbocycles. The van der Waals surface area contributed by atoms with E-state index in [4.69, 9.17) is 18.9 Å². The van der Waals surface area contributed by atoms with Crippen molar-refractivity contribution in [3.63, 3.8) is 0 Å². The van der Waals surface area contributed by atoms with E-state index in [1.165, 1.54) is 0 Å². The molecule has 0 amide bonds. The molecule has 0 spiro atoms. The Labute approximate surface area is 114 Å². The van der Waals surface area contributed by atoms with Crippen LogP contribution in [0.3, 0.4) is 0 Å². The Morgan fingerprint density at radius 3 is 2.47 bits per heavy atom. The molecule has 1 heterocycles. The molecular weight excluding hydrogens is 244 g/mol. The van der Waals surface area contributed by atoms with Crippen LogP contribution in [-0.2, 0) is 11.2 Å². The highest BCUT2D eigenvalue weighted by Crippen LogP contribution is 2.39. The van der Waals surface area contributed by atoms with Crippen LogP contribution in [0.5, 0.6) is 17.2 Å². The van der Waals surface area contributed by atoms with E-state index in [1.54, 1.807) is 0 Å². The third-order valence-corrected chi connectivity index (χ3v) is 2.83. The van der Waals surface area contributed by atoms with Crippen LogP contribution in [0.4, 0.5) is 0 Å². The molecule has 1 aromatic rings. The SMILES string of the molecule is CCCc1cc2c(cc1OC(C)OC(C)C)OCO2. The molecule has 0 radical (unpaired) electrons. The number of fused-ring (bicyclic) bond motifs is 1. The van der Waals surface area contributed by atoms with Gasteiger partial charge in [-0.25, -0.2) is 0 Å². The van der Waals surface area contributed by atoms with Crippen LogP contribution < -0.4 is 14.2 Å². The number of aryl methyl sites for hydroxylation is 1. The van der Waals surface area contributed by atoms with E-state index >= 15 is 0 Å². The molecule has 1 aliphatic heterocycles. The van der Waals surface area contributed by atoms with E-state index in [1.807, 2.05) is 32.9 Å². The van der Waals surface area contributed by atoms with E-state index in [0.717, 1.165) is 35.7 Å². The van der Waals surface area contributed by atoms with Gasteiger partial charge in [0.2, 0.25) is 6.79 Å². The molecule has 106 valence electrons. The summed E-state index contributed by atoms with van der Waals surface area (Å²) in [6.45, 7) is 8.31. The maximum atomic E-state index is 5.88. The molecule has 1 atom stereocenters. The van der Waals surface area contributed by atoms with Crippen molar-refractivity contribution in [2.75, 3.05) is 6.79 Å². The third kappa shape index (κ3) is 3.53. The zero-order chi connectivity index (χ0) is 13.8. The maximum absolute atomic E-state index is 5.88. The Hall–Kier alpha value is -1.42. The van der Waals surface area contributed by atoms with Crippen LogP contribution in [-0.4, -0.2) is 19.2 Å². The Morgan fingerprint density at radius 1 is 1.16 bits per heavy atom. The summed E-state index contributed by atoms with van der Waals surface area (Å²) in [5.41, 5.74) is 1.13. The van der Waals surface area contributed by atoms with E-state index in [9.17, 15) is 0 Å². The summed E-state index contributed by atoms with van der Waals surface area (Å²) < 4.78 is 22.3. The highest BCUT2D eigenvalue weighted by Gasteiger charge is 2.19. The third-order valence-electron chi connectivity index (χ3n) is 2.83. The summed E-state index contributed by atoms with van der Waals surface area (Å²) in [4.78, 5) is 0. The molecule has 1 aromatic carbocycles. The summed E-state index contributed by atoms with van der Waals surface area (Å²) >= 11 is 0. The number of hydrogen-bond donors (Lipinski definition) is 0. The summed E-state index contributed by atoms with van der Waals surface area (Å²) in [5.74, 6) is 2.36. The Morgan fingerprint density at radius 2 is 1.84 bits per heavy atom. The van der Waals surface area contributed by atoms with Gasteiger partial charge in [-0.3, -0.25) is 0 Å². The van der Waals surface area contributed by atoms with Crippen molar-refractivity contribution in [2.45, 2.75) is 52.9 Å². The lowest BCUT2D eigenvalue weighted by Gasteiger charge is -2.20. The summed E-state index contributed by atoms with van der Waals surface area (Å²) in [6, 6.07) is 3.90. The second kappa shape index (κ2) is 6.15. The number of hydrogen-bond acceptors (Lipinski definition) is 4. The standard InChI is InChI=1S/C15H22O4/c1-5-6-12-7-14-15(17-9-16-14)8-13(12)19-11(4)18-10(2)3/h7-8,10-11H,5-6,9H2,1-4H3. The Kier molecular flexibility index (Phi) is 4.53. The van der Waals surface area contributed by atoms with Gasteiger partial charge < -0.3 is 18.9 Å². The van der Waals surface area contributed by atoms with Crippen molar-refractivity contribution >= 4 is 0 Å². The highest BCUT2D eigenvalue weighted by molar-refractivity contribution is 5.51. The van der Waals surface area contributed by atoms with Gasteiger partial charge in [0.15, 0.2) is 17.8 Å². The molecule has 0 saturated heterocycles. The first-order valence-electron chi connectivity index (χ1n) is 6.84. The number of rotatable bonds is 6. The van der Waals surface area contributed by atoms with Gasteiger partial charge in [-0.1, -0.05) is 13.3 Å². The molecule has 0 fully saturated rings. The van der Waals surface area contributed by atoms with Crippen LogP contribution in [0.25, 0.3) is 0 Å². The van der Waals surface area contributed by atoms with Gasteiger partial charge in [0.25, 0.3) is 0 Å². The van der Waals surface area contributed by atoms with Crippen LogP contribution >= 0.6 is 0 Å². The fourth-order valence-corrected chi connectivity index (χ4v) is 2.13. The lowest BCUT2D eigenvalue weighted by Crippen LogP contribution is -2.21. The van der Waals surface area contributed by atoms with Gasteiger partial charge in [0.1, 0.15) is 5.75 Å². The Balaban J connectivity index is 2.17. The smallest absolute Gasteiger partial charge is 0.231 e. The predicted octanol–water partition coefficient (Wildman–Crippen LogP) is 3.52. The van der Waals surface area contributed by atoms with E-state index in [2.05, 4.69) is 6.92 Å². The fourth-order valence-electron chi connectivity index (χ4n) is 2.13. The first-order valence-corrected chi connectivity index (χ1v) is 6.84. The molecule has 19 heavy (non-hydrogen) atoms. The molecule has 0 aromatic heterocycles. The average molecular weight is 266 g/mol. The minimum Gasteiger partial charge on any atom is -0.465 e. The van der Waals surface area contributed by atoms with Crippen molar-refractivity contribution < 1.29 is 18.9 Å². The van der Waals surface area contributed by atoms with Gasteiger partial charge in [-0.15, -0.1) is 0 Å². The monoisotopic (exact) mass is 266 g/mol. The van der Waals surface area contributed by atoms with Gasteiger partial charge in [-0.05, 0) is 38.8 Å². The number of benzene rings is 1. The van der Waals surface area contributed by atoms with Gasteiger partial charge in [0.05, 0.1) is 6.10 Å². The summed E-state index contributed by atoms with van der Waals surface area (Å²) in [5, 5.41) is 0. The zero-order valence-electron chi connectivity index (χ0n) is 12.1. The molecule has 2 rings (SSSR count). The van der Waals surface area contributed by atoms with E-state index < -0.39 is 0 Å². The van der Waals surface area contributed by atoms with E-state index in [0.29, 0.717) is 0 Å². The number of ether oxygens (including phenoxy) is 4. The van der Waals surface area contributed by atoms with Gasteiger partial charge in [0, 0.05) is 6.07 Å². The van der Waals surface area contributed by atoms with Crippen LogP contribution in [0.2, 0.25) is 0 Å². The molecule has 4 nitrogen and oxygen atoms in total. The maximum Gasteiger partial charge on any atom is 0.231 e. The molecule has 0 N–H and O–H groups in total. The van der Waals surface area contributed by atoms with Crippen LogP contribution in [0.15, 0.2) is 12.1 Å². The largest absolute Gasteiger partial charge is 0.465 e. The second-order valence-electron chi connectivity index (χ2n) is 4.93. The van der Waals surface area contributed by atoms with Crippen molar-refractivity contribution in [2.24, 2.45) is 0 Å². The molecule has 0 aliphatic carbocycles. The molecule has 4 heteroatoms. The van der Waals surface area contributed by atoms with Crippen molar-refractivity contribution in [1.29, 1.82) is 0 Å². The lowest BCUT2D eigenvalue weighted by atomic mass is 10.1. The van der Waals surface area contributed by atoms with Crippen molar-refractivity contribution in [3.8, 4) is 17.2 Å². The normalized spacial score (nSPS) is 14.8.